The first-order valence-corrected chi connectivity index (χ1v) is 12.3. The Labute approximate surface area is 210 Å². The quantitative estimate of drug-likeness (QED) is 0.423. The Morgan fingerprint density at radius 1 is 0.886 bits per heavy atom. The Bertz CT molecular complexity index is 1120. The van der Waals surface area contributed by atoms with E-state index in [1.165, 1.54) is 5.56 Å². The van der Waals surface area contributed by atoms with Gasteiger partial charge in [-0.1, -0.05) is 77.9 Å². The van der Waals surface area contributed by atoms with Crippen molar-refractivity contribution < 1.29 is 9.90 Å². The molecule has 0 saturated carbocycles. The molecule has 0 bridgehead atoms. The summed E-state index contributed by atoms with van der Waals surface area (Å²) in [6, 6.07) is 17.5. The van der Waals surface area contributed by atoms with Crippen molar-refractivity contribution in [2.24, 2.45) is 5.73 Å². The average molecular weight is 474 g/mol. The maximum Gasteiger partial charge on any atom is 0.319 e. The molecule has 0 fully saturated rings. The third-order valence-electron chi connectivity index (χ3n) is 6.33. The lowest BCUT2D eigenvalue weighted by Crippen LogP contribution is -2.38. The van der Waals surface area contributed by atoms with Crippen molar-refractivity contribution in [1.29, 1.82) is 0 Å². The van der Waals surface area contributed by atoms with E-state index in [9.17, 15) is 9.90 Å². The van der Waals surface area contributed by atoms with Gasteiger partial charge in [0, 0.05) is 30.5 Å². The number of pyridine rings is 1. The number of anilines is 1. The van der Waals surface area contributed by atoms with Crippen LogP contribution in [0.25, 0.3) is 0 Å². The molecule has 0 saturated heterocycles. The van der Waals surface area contributed by atoms with Gasteiger partial charge in [-0.2, -0.15) is 0 Å². The molecule has 3 N–H and O–H groups in total. The Morgan fingerprint density at radius 3 is 2.03 bits per heavy atom. The molecule has 3 rings (SSSR count). The molecule has 0 spiro atoms. The second-order valence-electron chi connectivity index (χ2n) is 11.2. The van der Waals surface area contributed by atoms with E-state index in [1.807, 2.05) is 36.4 Å². The van der Waals surface area contributed by atoms with Crippen LogP contribution in [0.1, 0.15) is 69.5 Å². The highest BCUT2D eigenvalue weighted by Crippen LogP contribution is 2.40. The summed E-state index contributed by atoms with van der Waals surface area (Å²) >= 11 is 0. The van der Waals surface area contributed by atoms with Crippen LogP contribution in [0.4, 0.5) is 10.5 Å². The topological polar surface area (TPSA) is 79.5 Å². The SMILES string of the molecule is CC(C)(C)c1cc(CCc2ccccc2N(CCc2ccccn2)C(N)=O)cc(C(C)(C)C)c1O. The molecule has 0 aliphatic carbocycles. The molecule has 0 aliphatic rings. The van der Waals surface area contributed by atoms with Crippen LogP contribution in [0.15, 0.2) is 60.8 Å². The highest BCUT2D eigenvalue weighted by molar-refractivity contribution is 5.91. The Hall–Kier alpha value is -3.34. The molecule has 2 aromatic carbocycles. The van der Waals surface area contributed by atoms with Gasteiger partial charge in [-0.05, 0) is 64.1 Å². The van der Waals surface area contributed by atoms with Gasteiger partial charge >= 0.3 is 6.03 Å². The zero-order valence-corrected chi connectivity index (χ0v) is 21.9. The number of amides is 2. The monoisotopic (exact) mass is 473 g/mol. The fourth-order valence-corrected chi connectivity index (χ4v) is 4.37. The first-order chi connectivity index (χ1) is 16.4. The van der Waals surface area contributed by atoms with Crippen LogP contribution in [-0.2, 0) is 30.1 Å². The number of carbonyl (C=O) groups excluding carboxylic acids is 1. The third kappa shape index (κ3) is 6.62. The molecule has 0 unspecified atom stereocenters. The fraction of sp³-hybridized carbons (Fsp3) is 0.400. The van der Waals surface area contributed by atoms with Crippen LogP contribution >= 0.6 is 0 Å². The second-order valence-corrected chi connectivity index (χ2v) is 11.2. The Kier molecular flexibility index (Phi) is 7.89. The molecule has 1 aromatic heterocycles. The number of aromatic hydroxyl groups is 1. The lowest BCUT2D eigenvalue weighted by molar-refractivity contribution is 0.254. The van der Waals surface area contributed by atoms with Gasteiger partial charge in [0.2, 0.25) is 0 Å². The van der Waals surface area contributed by atoms with E-state index >= 15 is 0 Å². The minimum absolute atomic E-state index is 0.174. The summed E-state index contributed by atoms with van der Waals surface area (Å²) < 4.78 is 0. The second kappa shape index (κ2) is 10.5. The standard InChI is InChI=1S/C30H39N3O2/c1-29(2,3)24-19-21(20-25(27(24)34)30(4,5)6)14-15-22-11-7-8-13-26(22)33(28(31)35)18-16-23-12-9-10-17-32-23/h7-13,17,19-20,34H,14-16,18H2,1-6H3,(H2,31,35). The van der Waals surface area contributed by atoms with Crippen LogP contribution in [0.2, 0.25) is 0 Å². The largest absolute Gasteiger partial charge is 0.507 e. The van der Waals surface area contributed by atoms with Gasteiger partial charge in [-0.3, -0.25) is 9.88 Å². The average Bonchev–Trinajstić information content (AvgIpc) is 2.78. The van der Waals surface area contributed by atoms with Gasteiger partial charge in [0.25, 0.3) is 0 Å². The van der Waals surface area contributed by atoms with Gasteiger partial charge in [0.1, 0.15) is 5.75 Å². The summed E-state index contributed by atoms with van der Waals surface area (Å²) in [4.78, 5) is 18.4. The molecule has 0 atom stereocenters. The van der Waals surface area contributed by atoms with Crippen LogP contribution in [0.5, 0.6) is 5.75 Å². The fourth-order valence-electron chi connectivity index (χ4n) is 4.37. The number of hydrogen-bond acceptors (Lipinski definition) is 3. The van der Waals surface area contributed by atoms with Gasteiger partial charge < -0.3 is 10.8 Å². The maximum atomic E-state index is 12.4. The lowest BCUT2D eigenvalue weighted by atomic mass is 9.78. The summed E-state index contributed by atoms with van der Waals surface area (Å²) in [5.74, 6) is 0.392. The molecular formula is C30H39N3O2. The molecule has 3 aromatic rings. The first kappa shape index (κ1) is 26.3. The Balaban J connectivity index is 1.89. The molecule has 2 amide bonds. The number of phenols is 1. The summed E-state index contributed by atoms with van der Waals surface area (Å²) in [7, 11) is 0. The van der Waals surface area contributed by atoms with Crippen molar-refractivity contribution in [2.75, 3.05) is 11.4 Å². The zero-order chi connectivity index (χ0) is 25.8. The lowest BCUT2D eigenvalue weighted by Gasteiger charge is -2.28. The van der Waals surface area contributed by atoms with Crippen LogP contribution in [0.3, 0.4) is 0 Å². The van der Waals surface area contributed by atoms with Crippen molar-refractivity contribution in [3.8, 4) is 5.75 Å². The van der Waals surface area contributed by atoms with Gasteiger partial charge in [-0.25, -0.2) is 4.79 Å². The maximum absolute atomic E-state index is 12.4. The summed E-state index contributed by atoms with van der Waals surface area (Å²) in [5.41, 5.74) is 11.4. The minimum atomic E-state index is -0.469. The highest BCUT2D eigenvalue weighted by atomic mass is 16.3. The molecule has 35 heavy (non-hydrogen) atoms. The number of para-hydroxylation sites is 1. The number of nitrogens with zero attached hydrogens (tertiary/aromatic N) is 2. The number of urea groups is 1. The number of carbonyl (C=O) groups is 1. The highest BCUT2D eigenvalue weighted by Gasteiger charge is 2.26. The number of primary amides is 1. The molecule has 1 heterocycles. The van der Waals surface area contributed by atoms with E-state index in [1.54, 1.807) is 11.1 Å². The number of aromatic nitrogens is 1. The summed E-state index contributed by atoms with van der Waals surface area (Å²) in [6.07, 6.45) is 3.92. The van der Waals surface area contributed by atoms with Crippen molar-refractivity contribution in [3.63, 3.8) is 0 Å². The first-order valence-electron chi connectivity index (χ1n) is 12.3. The smallest absolute Gasteiger partial charge is 0.319 e. The van der Waals surface area contributed by atoms with Crippen molar-refractivity contribution in [2.45, 2.75) is 71.6 Å². The Morgan fingerprint density at radius 2 is 1.49 bits per heavy atom. The minimum Gasteiger partial charge on any atom is -0.507 e. The van der Waals surface area contributed by atoms with E-state index in [0.717, 1.165) is 40.9 Å². The number of phenolic OH excluding ortho intramolecular Hbond substituents is 1. The normalized spacial score (nSPS) is 11.9. The predicted molar refractivity (Wildman–Crippen MR) is 144 cm³/mol. The van der Waals surface area contributed by atoms with Crippen LogP contribution in [-0.4, -0.2) is 22.7 Å². The van der Waals surface area contributed by atoms with E-state index in [0.29, 0.717) is 18.7 Å². The summed E-state index contributed by atoms with van der Waals surface area (Å²) in [5, 5.41) is 11.0. The molecule has 0 aliphatic heterocycles. The van der Waals surface area contributed by atoms with E-state index in [4.69, 9.17) is 5.73 Å². The van der Waals surface area contributed by atoms with Crippen molar-refractivity contribution in [3.05, 3.63) is 88.7 Å². The molecule has 5 heteroatoms. The number of hydrogen-bond donors (Lipinski definition) is 2. The molecule has 0 radical (unpaired) electrons. The predicted octanol–water partition coefficient (Wildman–Crippen LogP) is 6.30. The molecular weight excluding hydrogens is 434 g/mol. The third-order valence-corrected chi connectivity index (χ3v) is 6.33. The number of benzene rings is 2. The summed E-state index contributed by atoms with van der Waals surface area (Å²) in [6.45, 7) is 13.2. The van der Waals surface area contributed by atoms with Crippen LogP contribution in [0, 0.1) is 0 Å². The molecule has 186 valence electrons. The van der Waals surface area contributed by atoms with Crippen molar-refractivity contribution >= 4 is 11.7 Å². The van der Waals surface area contributed by atoms with Crippen LogP contribution < -0.4 is 10.6 Å². The van der Waals surface area contributed by atoms with E-state index in [2.05, 4.69) is 64.7 Å². The van der Waals surface area contributed by atoms with Gasteiger partial charge in [0.15, 0.2) is 0 Å². The van der Waals surface area contributed by atoms with Crippen molar-refractivity contribution in [1.82, 2.24) is 4.98 Å². The zero-order valence-electron chi connectivity index (χ0n) is 21.9. The number of aryl methyl sites for hydroxylation is 2. The number of nitrogens with two attached hydrogens (primary N) is 1. The van der Waals surface area contributed by atoms with E-state index < -0.39 is 6.03 Å². The number of rotatable bonds is 7. The molecule has 5 nitrogen and oxygen atoms in total. The van der Waals surface area contributed by atoms with Gasteiger partial charge in [0.05, 0.1) is 0 Å². The van der Waals surface area contributed by atoms with Gasteiger partial charge in [-0.15, -0.1) is 0 Å². The van der Waals surface area contributed by atoms with E-state index in [-0.39, 0.29) is 10.8 Å².